The van der Waals surface area contributed by atoms with Gasteiger partial charge in [-0.25, -0.2) is 4.98 Å². The van der Waals surface area contributed by atoms with Gasteiger partial charge in [0, 0.05) is 22.4 Å². The van der Waals surface area contributed by atoms with Gasteiger partial charge < -0.3 is 4.90 Å². The molecule has 116 valence electrons. The van der Waals surface area contributed by atoms with E-state index in [1.165, 1.54) is 12.8 Å². The molecule has 0 unspecified atom stereocenters. The molecule has 0 radical (unpaired) electrons. The summed E-state index contributed by atoms with van der Waals surface area (Å²) in [4.78, 5) is 19.2. The molecule has 3 nitrogen and oxygen atoms in total. The van der Waals surface area contributed by atoms with E-state index in [1.807, 2.05) is 0 Å². The van der Waals surface area contributed by atoms with Crippen LogP contribution in [0.15, 0.2) is 24.3 Å². The lowest BCUT2D eigenvalue weighted by Crippen LogP contribution is -2.21. The first-order chi connectivity index (χ1) is 10.6. The van der Waals surface area contributed by atoms with E-state index < -0.39 is 0 Å². The van der Waals surface area contributed by atoms with Crippen molar-refractivity contribution in [3.8, 4) is 0 Å². The van der Waals surface area contributed by atoms with Crippen LogP contribution in [-0.2, 0) is 0 Å². The van der Waals surface area contributed by atoms with Gasteiger partial charge in [0.25, 0.3) is 0 Å². The maximum atomic E-state index is 12.5. The lowest BCUT2D eigenvalue weighted by molar-refractivity contribution is 0.0977. The molecule has 0 aliphatic carbocycles. The van der Waals surface area contributed by atoms with Crippen LogP contribution in [0.3, 0.4) is 0 Å². The lowest BCUT2D eigenvalue weighted by Gasteiger charge is -2.14. The topological polar surface area (TPSA) is 33.2 Å². The molecular weight excluding hydrogens is 319 g/mol. The van der Waals surface area contributed by atoms with Gasteiger partial charge in [-0.15, -0.1) is 0 Å². The minimum atomic E-state index is 0.107. The molecule has 0 bridgehead atoms. The molecule has 1 aliphatic heterocycles. The number of pyridine rings is 1. The smallest absolute Gasteiger partial charge is 0.163 e. The average molecular weight is 337 g/mol. The highest BCUT2D eigenvalue weighted by Crippen LogP contribution is 2.25. The van der Waals surface area contributed by atoms with Gasteiger partial charge in [-0.1, -0.05) is 23.2 Å². The molecule has 0 spiro atoms. The zero-order valence-corrected chi connectivity index (χ0v) is 13.8. The molecule has 1 aromatic carbocycles. The molecule has 0 N–H and O–H groups in total. The number of rotatable bonds is 5. The summed E-state index contributed by atoms with van der Waals surface area (Å²) in [5.74, 6) is 0.107. The molecule has 2 aromatic rings. The summed E-state index contributed by atoms with van der Waals surface area (Å²) in [5.41, 5.74) is 1.33. The van der Waals surface area contributed by atoms with Crippen molar-refractivity contribution in [3.05, 3.63) is 40.0 Å². The van der Waals surface area contributed by atoms with Gasteiger partial charge in [0.2, 0.25) is 0 Å². The third-order valence-corrected chi connectivity index (χ3v) is 4.55. The van der Waals surface area contributed by atoms with E-state index in [0.717, 1.165) is 31.4 Å². The van der Waals surface area contributed by atoms with Crippen molar-refractivity contribution >= 4 is 39.9 Å². The molecule has 1 fully saturated rings. The highest BCUT2D eigenvalue weighted by molar-refractivity contribution is 6.32. The number of carbonyl (C=O) groups is 1. The number of likely N-dealkylation sites (tertiary alicyclic amines) is 1. The molecular formula is C17H18Cl2N2O. The number of fused-ring (bicyclic) bond motifs is 1. The molecule has 0 amide bonds. The van der Waals surface area contributed by atoms with Crippen molar-refractivity contribution in [2.75, 3.05) is 19.6 Å². The van der Waals surface area contributed by atoms with Crippen molar-refractivity contribution in [2.45, 2.75) is 25.7 Å². The van der Waals surface area contributed by atoms with E-state index in [-0.39, 0.29) is 5.78 Å². The van der Waals surface area contributed by atoms with Crippen LogP contribution < -0.4 is 0 Å². The molecule has 5 heteroatoms. The Morgan fingerprint density at radius 3 is 2.73 bits per heavy atom. The third-order valence-electron chi connectivity index (χ3n) is 4.12. The van der Waals surface area contributed by atoms with Crippen molar-refractivity contribution in [3.63, 3.8) is 0 Å². The molecule has 22 heavy (non-hydrogen) atoms. The zero-order chi connectivity index (χ0) is 15.5. The quantitative estimate of drug-likeness (QED) is 0.590. The van der Waals surface area contributed by atoms with E-state index >= 15 is 0 Å². The SMILES string of the molecule is O=C(CCCN1CCCC1)c1cc(Cl)nc2ccc(Cl)cc12. The summed E-state index contributed by atoms with van der Waals surface area (Å²) in [5, 5.41) is 1.73. The van der Waals surface area contributed by atoms with Gasteiger partial charge in [0.1, 0.15) is 5.15 Å². The maximum Gasteiger partial charge on any atom is 0.163 e. The molecule has 1 aromatic heterocycles. The van der Waals surface area contributed by atoms with E-state index in [4.69, 9.17) is 23.2 Å². The first kappa shape index (κ1) is 15.7. The van der Waals surface area contributed by atoms with Gasteiger partial charge in [0.15, 0.2) is 5.78 Å². The zero-order valence-electron chi connectivity index (χ0n) is 12.3. The Morgan fingerprint density at radius 1 is 1.18 bits per heavy atom. The molecule has 2 heterocycles. The summed E-state index contributed by atoms with van der Waals surface area (Å²) in [6.07, 6.45) is 3.95. The minimum Gasteiger partial charge on any atom is -0.303 e. The van der Waals surface area contributed by atoms with Gasteiger partial charge in [0.05, 0.1) is 5.52 Å². The number of hydrogen-bond acceptors (Lipinski definition) is 3. The number of benzene rings is 1. The van der Waals surface area contributed by atoms with Crippen molar-refractivity contribution in [2.24, 2.45) is 0 Å². The monoisotopic (exact) mass is 336 g/mol. The van der Waals surface area contributed by atoms with Crippen LogP contribution in [0.25, 0.3) is 10.9 Å². The first-order valence-corrected chi connectivity index (χ1v) is 8.40. The fourth-order valence-corrected chi connectivity index (χ4v) is 3.37. The van der Waals surface area contributed by atoms with Crippen LogP contribution >= 0.6 is 23.2 Å². The number of halogens is 2. The normalized spacial score (nSPS) is 15.5. The Kier molecular flexibility index (Phi) is 4.97. The predicted molar refractivity (Wildman–Crippen MR) is 91.0 cm³/mol. The van der Waals surface area contributed by atoms with Gasteiger partial charge >= 0.3 is 0 Å². The Morgan fingerprint density at radius 2 is 1.95 bits per heavy atom. The number of aromatic nitrogens is 1. The summed E-state index contributed by atoms with van der Waals surface area (Å²) in [7, 11) is 0. The average Bonchev–Trinajstić information content (AvgIpc) is 3.00. The van der Waals surface area contributed by atoms with Crippen molar-refractivity contribution in [1.82, 2.24) is 9.88 Å². The summed E-state index contributed by atoms with van der Waals surface area (Å²) in [6, 6.07) is 6.99. The van der Waals surface area contributed by atoms with Crippen molar-refractivity contribution < 1.29 is 4.79 Å². The summed E-state index contributed by atoms with van der Waals surface area (Å²) >= 11 is 12.1. The second kappa shape index (κ2) is 6.95. The maximum absolute atomic E-state index is 12.5. The fourth-order valence-electron chi connectivity index (χ4n) is 3.00. The molecule has 1 saturated heterocycles. The Bertz CT molecular complexity index is 696. The highest BCUT2D eigenvalue weighted by atomic mass is 35.5. The Hall–Kier alpha value is -1.16. The molecule has 3 rings (SSSR count). The number of nitrogens with zero attached hydrogens (tertiary/aromatic N) is 2. The van der Waals surface area contributed by atoms with E-state index in [0.29, 0.717) is 27.7 Å². The van der Waals surface area contributed by atoms with E-state index in [1.54, 1.807) is 24.3 Å². The van der Waals surface area contributed by atoms with E-state index in [2.05, 4.69) is 9.88 Å². The Balaban J connectivity index is 1.76. The Labute approximate surface area is 140 Å². The first-order valence-electron chi connectivity index (χ1n) is 7.65. The van der Waals surface area contributed by atoms with Crippen LogP contribution in [0.4, 0.5) is 0 Å². The number of ketones is 1. The largest absolute Gasteiger partial charge is 0.303 e. The summed E-state index contributed by atoms with van der Waals surface area (Å²) in [6.45, 7) is 3.31. The number of hydrogen-bond donors (Lipinski definition) is 0. The number of carbonyl (C=O) groups excluding carboxylic acids is 1. The second-order valence-electron chi connectivity index (χ2n) is 5.73. The lowest BCUT2D eigenvalue weighted by atomic mass is 10.0. The van der Waals surface area contributed by atoms with Gasteiger partial charge in [-0.3, -0.25) is 4.79 Å². The van der Waals surface area contributed by atoms with Crippen LogP contribution in [0.1, 0.15) is 36.0 Å². The predicted octanol–water partition coefficient (Wildman–Crippen LogP) is 4.60. The standard InChI is InChI=1S/C17H18Cl2N2O/c18-12-5-6-15-13(10-12)14(11-17(19)20-15)16(22)4-3-9-21-7-1-2-8-21/h5-6,10-11H,1-4,7-9H2. The summed E-state index contributed by atoms with van der Waals surface area (Å²) < 4.78 is 0. The van der Waals surface area contributed by atoms with Gasteiger partial charge in [-0.2, -0.15) is 0 Å². The molecule has 0 atom stereocenters. The molecule has 0 saturated carbocycles. The van der Waals surface area contributed by atoms with Crippen LogP contribution in [0.2, 0.25) is 10.2 Å². The third kappa shape index (κ3) is 3.60. The van der Waals surface area contributed by atoms with Gasteiger partial charge in [-0.05, 0) is 63.2 Å². The highest BCUT2D eigenvalue weighted by Gasteiger charge is 2.15. The molecule has 1 aliphatic rings. The van der Waals surface area contributed by atoms with Crippen LogP contribution in [-0.4, -0.2) is 35.3 Å². The van der Waals surface area contributed by atoms with Crippen LogP contribution in [0.5, 0.6) is 0 Å². The van der Waals surface area contributed by atoms with Crippen LogP contribution in [0, 0.1) is 0 Å². The van der Waals surface area contributed by atoms with Crippen molar-refractivity contribution in [1.29, 1.82) is 0 Å². The minimum absolute atomic E-state index is 0.107. The fraction of sp³-hybridized carbons (Fsp3) is 0.412. The number of Topliss-reactive ketones (excluding diaryl/α,β-unsaturated/α-hetero) is 1. The second-order valence-corrected chi connectivity index (χ2v) is 6.55. The van der Waals surface area contributed by atoms with E-state index in [9.17, 15) is 4.79 Å².